The number of aromatic nitrogens is 3. The SMILES string of the molecule is NC(=O)c1nnc(Nc2ccc(C(=O)N3CCC3)cc2)nc1NC1CC1. The first-order chi connectivity index (χ1) is 12.6. The summed E-state index contributed by atoms with van der Waals surface area (Å²) < 4.78 is 0. The van der Waals surface area contributed by atoms with Crippen molar-refractivity contribution in [2.24, 2.45) is 5.73 Å². The van der Waals surface area contributed by atoms with E-state index in [9.17, 15) is 9.59 Å². The van der Waals surface area contributed by atoms with Crippen LogP contribution in [0.2, 0.25) is 0 Å². The molecule has 9 heteroatoms. The molecule has 1 aromatic heterocycles. The van der Waals surface area contributed by atoms with Gasteiger partial charge in [-0.05, 0) is 43.5 Å². The molecule has 0 bridgehead atoms. The zero-order chi connectivity index (χ0) is 18.1. The van der Waals surface area contributed by atoms with Crippen molar-refractivity contribution < 1.29 is 9.59 Å². The molecule has 4 N–H and O–H groups in total. The topological polar surface area (TPSA) is 126 Å². The summed E-state index contributed by atoms with van der Waals surface area (Å²) in [6.07, 6.45) is 3.11. The van der Waals surface area contributed by atoms with Crippen LogP contribution < -0.4 is 16.4 Å². The summed E-state index contributed by atoms with van der Waals surface area (Å²) >= 11 is 0. The monoisotopic (exact) mass is 353 g/mol. The molecular weight excluding hydrogens is 334 g/mol. The van der Waals surface area contributed by atoms with Crippen LogP contribution in [0.1, 0.15) is 40.1 Å². The molecule has 2 aromatic rings. The van der Waals surface area contributed by atoms with E-state index in [1.165, 1.54) is 0 Å². The van der Waals surface area contributed by atoms with E-state index in [0.717, 1.165) is 38.0 Å². The molecule has 26 heavy (non-hydrogen) atoms. The summed E-state index contributed by atoms with van der Waals surface area (Å²) in [5, 5.41) is 13.9. The van der Waals surface area contributed by atoms with E-state index in [1.54, 1.807) is 24.3 Å². The van der Waals surface area contributed by atoms with Crippen LogP contribution in [0.3, 0.4) is 0 Å². The van der Waals surface area contributed by atoms with Crippen molar-refractivity contribution in [2.75, 3.05) is 23.7 Å². The first-order valence-electron chi connectivity index (χ1n) is 8.57. The van der Waals surface area contributed by atoms with E-state index in [0.29, 0.717) is 17.4 Å². The normalized spacial score (nSPS) is 15.9. The average molecular weight is 353 g/mol. The summed E-state index contributed by atoms with van der Waals surface area (Å²) in [6.45, 7) is 1.64. The van der Waals surface area contributed by atoms with E-state index in [-0.39, 0.29) is 17.5 Å². The van der Waals surface area contributed by atoms with Gasteiger partial charge in [-0.3, -0.25) is 9.59 Å². The van der Waals surface area contributed by atoms with Crippen LogP contribution in [0, 0.1) is 0 Å². The van der Waals surface area contributed by atoms with Crippen molar-refractivity contribution in [3.8, 4) is 0 Å². The number of anilines is 3. The Morgan fingerprint density at radius 3 is 2.42 bits per heavy atom. The van der Waals surface area contributed by atoms with Crippen molar-refractivity contribution in [3.63, 3.8) is 0 Å². The maximum atomic E-state index is 12.2. The highest BCUT2D eigenvalue weighted by Crippen LogP contribution is 2.25. The molecule has 2 fully saturated rings. The zero-order valence-corrected chi connectivity index (χ0v) is 14.1. The Balaban J connectivity index is 1.49. The third-order valence-corrected chi connectivity index (χ3v) is 4.37. The molecule has 134 valence electrons. The van der Waals surface area contributed by atoms with Gasteiger partial charge in [0, 0.05) is 30.4 Å². The number of primary amides is 1. The fourth-order valence-electron chi connectivity index (χ4n) is 2.59. The van der Waals surface area contributed by atoms with Crippen LogP contribution in [0.25, 0.3) is 0 Å². The lowest BCUT2D eigenvalue weighted by atomic mass is 10.1. The molecule has 0 unspecified atom stereocenters. The summed E-state index contributed by atoms with van der Waals surface area (Å²) in [5.41, 5.74) is 6.71. The number of nitrogens with one attached hydrogen (secondary N) is 2. The third-order valence-electron chi connectivity index (χ3n) is 4.37. The predicted octanol–water partition coefficient (Wildman–Crippen LogP) is 1.13. The van der Waals surface area contributed by atoms with E-state index < -0.39 is 5.91 Å². The van der Waals surface area contributed by atoms with E-state index in [4.69, 9.17) is 5.73 Å². The molecule has 2 heterocycles. The summed E-state index contributed by atoms with van der Waals surface area (Å²) in [7, 11) is 0. The third kappa shape index (κ3) is 3.41. The fraction of sp³-hybridized carbons (Fsp3) is 0.353. The van der Waals surface area contributed by atoms with Gasteiger partial charge in [0.25, 0.3) is 11.8 Å². The first kappa shape index (κ1) is 16.2. The number of nitrogens with two attached hydrogens (primary N) is 1. The van der Waals surface area contributed by atoms with Crippen LogP contribution in [0.15, 0.2) is 24.3 Å². The second-order valence-corrected chi connectivity index (χ2v) is 6.46. The molecule has 1 aliphatic heterocycles. The van der Waals surface area contributed by atoms with Crippen LogP contribution >= 0.6 is 0 Å². The van der Waals surface area contributed by atoms with Crippen LogP contribution in [-0.2, 0) is 0 Å². The van der Waals surface area contributed by atoms with Gasteiger partial charge in [-0.25, -0.2) is 0 Å². The van der Waals surface area contributed by atoms with Crippen molar-refractivity contribution in [3.05, 3.63) is 35.5 Å². The van der Waals surface area contributed by atoms with Crippen molar-refractivity contribution >= 4 is 29.3 Å². The van der Waals surface area contributed by atoms with Gasteiger partial charge in [0.1, 0.15) is 0 Å². The number of amides is 2. The molecule has 1 saturated carbocycles. The summed E-state index contributed by atoms with van der Waals surface area (Å²) in [6, 6.07) is 7.39. The second-order valence-electron chi connectivity index (χ2n) is 6.46. The molecule has 1 aromatic carbocycles. The number of benzene rings is 1. The minimum atomic E-state index is -0.673. The Hall–Kier alpha value is -3.23. The molecule has 0 radical (unpaired) electrons. The van der Waals surface area contributed by atoms with E-state index in [2.05, 4.69) is 25.8 Å². The number of rotatable bonds is 6. The molecule has 2 amide bonds. The van der Waals surface area contributed by atoms with Crippen LogP contribution in [0.4, 0.5) is 17.5 Å². The average Bonchev–Trinajstić information content (AvgIpc) is 3.38. The number of carbonyl (C=O) groups is 2. The molecular formula is C17H19N7O2. The summed E-state index contributed by atoms with van der Waals surface area (Å²) in [4.78, 5) is 29.8. The standard InChI is InChI=1S/C17H19N7O2/c18-14(25)13-15(19-11-6-7-11)21-17(23-22-13)20-12-4-2-10(3-5-12)16(26)24-8-1-9-24/h2-5,11H,1,6-9H2,(H2,18,25)(H2,19,20,21,23). The van der Waals surface area contributed by atoms with Crippen LogP contribution in [0.5, 0.6) is 0 Å². The molecule has 1 aliphatic carbocycles. The predicted molar refractivity (Wildman–Crippen MR) is 95.2 cm³/mol. The van der Waals surface area contributed by atoms with Gasteiger partial charge >= 0.3 is 0 Å². The van der Waals surface area contributed by atoms with Gasteiger partial charge in [0.2, 0.25) is 5.95 Å². The Morgan fingerprint density at radius 1 is 1.12 bits per heavy atom. The molecule has 0 atom stereocenters. The lowest BCUT2D eigenvalue weighted by molar-refractivity contribution is 0.0651. The molecule has 2 aliphatic rings. The van der Waals surface area contributed by atoms with Crippen molar-refractivity contribution in [2.45, 2.75) is 25.3 Å². The van der Waals surface area contributed by atoms with Crippen molar-refractivity contribution in [1.82, 2.24) is 20.1 Å². The minimum absolute atomic E-state index is 0.0259. The number of carbonyl (C=O) groups excluding carboxylic acids is 2. The number of nitrogens with zero attached hydrogens (tertiary/aromatic N) is 4. The molecule has 0 spiro atoms. The highest BCUT2D eigenvalue weighted by molar-refractivity contribution is 5.96. The van der Waals surface area contributed by atoms with Gasteiger partial charge in [-0.15, -0.1) is 10.2 Å². The highest BCUT2D eigenvalue weighted by atomic mass is 16.2. The Morgan fingerprint density at radius 2 is 1.85 bits per heavy atom. The quantitative estimate of drug-likeness (QED) is 0.710. The lowest BCUT2D eigenvalue weighted by Crippen LogP contribution is -2.41. The lowest BCUT2D eigenvalue weighted by Gasteiger charge is -2.30. The number of hydrogen-bond donors (Lipinski definition) is 3. The maximum absolute atomic E-state index is 12.2. The smallest absolute Gasteiger partial charge is 0.273 e. The summed E-state index contributed by atoms with van der Waals surface area (Å²) in [5.74, 6) is -0.0435. The van der Waals surface area contributed by atoms with E-state index in [1.807, 2.05) is 4.90 Å². The zero-order valence-electron chi connectivity index (χ0n) is 14.1. The largest absolute Gasteiger partial charge is 0.365 e. The molecule has 4 rings (SSSR count). The van der Waals surface area contributed by atoms with Crippen molar-refractivity contribution in [1.29, 1.82) is 0 Å². The Labute approximate surface area is 150 Å². The Bertz CT molecular complexity index is 845. The molecule has 9 nitrogen and oxygen atoms in total. The van der Waals surface area contributed by atoms with Gasteiger partial charge < -0.3 is 21.3 Å². The minimum Gasteiger partial charge on any atom is -0.365 e. The first-order valence-corrected chi connectivity index (χ1v) is 8.57. The van der Waals surface area contributed by atoms with Gasteiger partial charge in [-0.1, -0.05) is 0 Å². The second kappa shape index (κ2) is 6.58. The number of hydrogen-bond acceptors (Lipinski definition) is 7. The fourth-order valence-corrected chi connectivity index (χ4v) is 2.59. The molecule has 1 saturated heterocycles. The van der Waals surface area contributed by atoms with Gasteiger partial charge in [0.05, 0.1) is 0 Å². The Kier molecular flexibility index (Phi) is 4.11. The number of likely N-dealkylation sites (tertiary alicyclic amines) is 1. The van der Waals surface area contributed by atoms with Gasteiger partial charge in [-0.2, -0.15) is 4.98 Å². The van der Waals surface area contributed by atoms with Crippen LogP contribution in [-0.4, -0.2) is 51.0 Å². The maximum Gasteiger partial charge on any atom is 0.273 e. The van der Waals surface area contributed by atoms with E-state index >= 15 is 0 Å². The van der Waals surface area contributed by atoms with Gasteiger partial charge in [0.15, 0.2) is 11.5 Å². The highest BCUT2D eigenvalue weighted by Gasteiger charge is 2.25.